The third-order valence-corrected chi connectivity index (χ3v) is 9.45. The predicted octanol–water partition coefficient (Wildman–Crippen LogP) is 6.87. The molecule has 4 saturated carbocycles. The van der Waals surface area contributed by atoms with Crippen LogP contribution in [0.2, 0.25) is 0 Å². The molecule has 7 rings (SSSR count). The van der Waals surface area contributed by atoms with Crippen molar-refractivity contribution in [3.63, 3.8) is 0 Å². The molecule has 0 radical (unpaired) electrons. The van der Waals surface area contributed by atoms with Gasteiger partial charge in [-0.25, -0.2) is 4.39 Å². The quantitative estimate of drug-likeness (QED) is 0.454. The zero-order valence-corrected chi connectivity index (χ0v) is 21.3. The molecule has 4 fully saturated rings. The van der Waals surface area contributed by atoms with E-state index in [4.69, 9.17) is 6.42 Å². The van der Waals surface area contributed by atoms with Crippen molar-refractivity contribution in [2.45, 2.75) is 88.8 Å². The summed E-state index contributed by atoms with van der Waals surface area (Å²) in [5.74, 6) is 4.44. The van der Waals surface area contributed by atoms with Crippen molar-refractivity contribution < 1.29 is 9.18 Å². The van der Waals surface area contributed by atoms with Gasteiger partial charge in [0.2, 0.25) is 0 Å². The van der Waals surface area contributed by atoms with Gasteiger partial charge < -0.3 is 10.2 Å². The molecule has 0 saturated heterocycles. The van der Waals surface area contributed by atoms with Crippen molar-refractivity contribution in [1.29, 1.82) is 0 Å². The lowest BCUT2D eigenvalue weighted by atomic mass is 9.53. The standard InChI is InChI=1S/C32H37FN2O/c1-3-5-6-28-16-25-7-10-26(33)17-29(25)31(35(28)30(36)4-2)24-8-11-27(12-9-24)34-32-18-21-13-22(19-32)15-23(14-21)20-32/h2,7-12,17,21-23,28,31,34H,3,5-6,13-16,18-20H2,1H3/t21?,22?,23?,28-,31?,32?/m0/s1. The van der Waals surface area contributed by atoms with Gasteiger partial charge >= 0.3 is 0 Å². The van der Waals surface area contributed by atoms with Crippen LogP contribution in [0.1, 0.15) is 87.4 Å². The van der Waals surface area contributed by atoms with Crippen molar-refractivity contribution in [3.05, 3.63) is 65.0 Å². The van der Waals surface area contributed by atoms with Gasteiger partial charge in [0, 0.05) is 17.3 Å². The fourth-order valence-electron chi connectivity index (χ4n) is 8.42. The third-order valence-electron chi connectivity index (χ3n) is 9.45. The van der Waals surface area contributed by atoms with Gasteiger partial charge in [0.1, 0.15) is 5.82 Å². The molecule has 1 heterocycles. The number of carbonyl (C=O) groups excluding carboxylic acids is 1. The first-order chi connectivity index (χ1) is 17.5. The molecule has 0 aromatic heterocycles. The zero-order valence-electron chi connectivity index (χ0n) is 21.3. The van der Waals surface area contributed by atoms with Gasteiger partial charge in [-0.2, -0.15) is 0 Å². The molecule has 5 aliphatic rings. The van der Waals surface area contributed by atoms with Gasteiger partial charge in [-0.1, -0.05) is 38.0 Å². The minimum Gasteiger partial charge on any atom is -0.380 e. The normalized spacial score (nSPS) is 32.1. The lowest BCUT2D eigenvalue weighted by Gasteiger charge is -2.57. The van der Waals surface area contributed by atoms with Gasteiger partial charge in [-0.05, 0) is 116 Å². The molecule has 1 unspecified atom stereocenters. The second kappa shape index (κ2) is 9.25. The monoisotopic (exact) mass is 484 g/mol. The largest absolute Gasteiger partial charge is 0.380 e. The molecule has 0 spiro atoms. The van der Waals surface area contributed by atoms with Crippen LogP contribution in [0.15, 0.2) is 42.5 Å². The Morgan fingerprint density at radius 1 is 1.08 bits per heavy atom. The molecule has 4 bridgehead atoms. The Kier molecular flexibility index (Phi) is 6.06. The number of unbranched alkanes of at least 4 members (excludes halogenated alkanes) is 1. The minimum atomic E-state index is -0.372. The summed E-state index contributed by atoms with van der Waals surface area (Å²) in [5.41, 5.74) is 4.34. The molecule has 2 aromatic rings. The highest BCUT2D eigenvalue weighted by molar-refractivity contribution is 5.94. The van der Waals surface area contributed by atoms with E-state index in [0.29, 0.717) is 6.42 Å². The summed E-state index contributed by atoms with van der Waals surface area (Å²) >= 11 is 0. The van der Waals surface area contributed by atoms with Crippen molar-refractivity contribution in [1.82, 2.24) is 4.90 Å². The van der Waals surface area contributed by atoms with Crippen LogP contribution >= 0.6 is 0 Å². The van der Waals surface area contributed by atoms with E-state index in [1.165, 1.54) is 44.6 Å². The Hall–Kier alpha value is -2.80. The Morgan fingerprint density at radius 2 is 1.75 bits per heavy atom. The summed E-state index contributed by atoms with van der Waals surface area (Å²) in [6, 6.07) is 13.2. The van der Waals surface area contributed by atoms with E-state index in [2.05, 4.69) is 42.4 Å². The fraction of sp³-hybridized carbons (Fsp3) is 0.531. The van der Waals surface area contributed by atoms with Gasteiger partial charge in [0.15, 0.2) is 0 Å². The van der Waals surface area contributed by atoms with Crippen molar-refractivity contribution >= 4 is 11.6 Å². The number of terminal acetylenes is 1. The Labute approximate surface area is 214 Å². The number of anilines is 1. The minimum absolute atomic E-state index is 0.0151. The van der Waals surface area contributed by atoms with E-state index in [1.54, 1.807) is 6.07 Å². The maximum Gasteiger partial charge on any atom is 0.299 e. The van der Waals surface area contributed by atoms with Gasteiger partial charge in [0.05, 0.1) is 6.04 Å². The summed E-state index contributed by atoms with van der Waals surface area (Å²) < 4.78 is 14.4. The number of amides is 1. The Morgan fingerprint density at radius 3 is 2.36 bits per heavy atom. The first kappa shape index (κ1) is 23.6. The number of hydrogen-bond acceptors (Lipinski definition) is 2. The van der Waals surface area contributed by atoms with Crippen LogP contribution in [0.4, 0.5) is 10.1 Å². The van der Waals surface area contributed by atoms with Crippen LogP contribution in [0.3, 0.4) is 0 Å². The average Bonchev–Trinajstić information content (AvgIpc) is 2.85. The van der Waals surface area contributed by atoms with Gasteiger partial charge in [-0.15, -0.1) is 6.42 Å². The zero-order chi connectivity index (χ0) is 24.9. The van der Waals surface area contributed by atoms with Crippen LogP contribution in [-0.4, -0.2) is 22.4 Å². The maximum absolute atomic E-state index is 14.4. The van der Waals surface area contributed by atoms with Gasteiger partial charge in [0.25, 0.3) is 5.91 Å². The molecule has 1 aliphatic heterocycles. The molecule has 36 heavy (non-hydrogen) atoms. The fourth-order valence-corrected chi connectivity index (χ4v) is 8.42. The van der Waals surface area contributed by atoms with Crippen molar-refractivity contribution in [2.24, 2.45) is 17.8 Å². The molecule has 1 amide bonds. The van der Waals surface area contributed by atoms with E-state index in [9.17, 15) is 9.18 Å². The highest BCUT2D eigenvalue weighted by atomic mass is 19.1. The SMILES string of the molecule is C#CC(=O)N1C(c2ccc(NC34CC5CC(CC(C5)C3)C4)cc2)c2cc(F)ccc2C[C@@H]1CCCC. The first-order valence-corrected chi connectivity index (χ1v) is 13.9. The van der Waals surface area contributed by atoms with Crippen LogP contribution in [0, 0.1) is 35.9 Å². The molecule has 1 N–H and O–H groups in total. The molecule has 188 valence electrons. The summed E-state index contributed by atoms with van der Waals surface area (Å²) in [4.78, 5) is 14.9. The average molecular weight is 485 g/mol. The van der Waals surface area contributed by atoms with Crippen LogP contribution in [-0.2, 0) is 11.2 Å². The van der Waals surface area contributed by atoms with E-state index in [1.807, 2.05) is 11.0 Å². The predicted molar refractivity (Wildman–Crippen MR) is 142 cm³/mol. The highest BCUT2D eigenvalue weighted by Gasteiger charge is 2.51. The first-order valence-electron chi connectivity index (χ1n) is 13.9. The molecular weight excluding hydrogens is 447 g/mol. The Balaban J connectivity index is 1.32. The molecular formula is C32H37FN2O. The molecule has 2 aromatic carbocycles. The van der Waals surface area contributed by atoms with Crippen LogP contribution in [0.5, 0.6) is 0 Å². The number of benzene rings is 2. The number of nitrogens with one attached hydrogen (secondary N) is 1. The van der Waals surface area contributed by atoms with Crippen LogP contribution < -0.4 is 5.32 Å². The Bertz CT molecular complexity index is 1140. The lowest BCUT2D eigenvalue weighted by Crippen LogP contribution is -2.54. The summed E-state index contributed by atoms with van der Waals surface area (Å²) in [5, 5.41) is 3.95. The smallest absolute Gasteiger partial charge is 0.299 e. The maximum atomic E-state index is 14.4. The number of fused-ring (bicyclic) bond motifs is 1. The van der Waals surface area contributed by atoms with Crippen molar-refractivity contribution in [3.8, 4) is 12.3 Å². The number of halogens is 1. The van der Waals surface area contributed by atoms with E-state index >= 15 is 0 Å². The highest BCUT2D eigenvalue weighted by Crippen LogP contribution is 2.56. The summed E-state index contributed by atoms with van der Waals surface area (Å²) in [7, 11) is 0. The molecule has 4 aliphatic carbocycles. The number of rotatable bonds is 6. The van der Waals surface area contributed by atoms with Crippen molar-refractivity contribution in [2.75, 3.05) is 5.32 Å². The topological polar surface area (TPSA) is 32.3 Å². The molecule has 3 nitrogen and oxygen atoms in total. The number of carbonyl (C=O) groups is 1. The van der Waals surface area contributed by atoms with Gasteiger partial charge in [-0.3, -0.25) is 4.79 Å². The lowest BCUT2D eigenvalue weighted by molar-refractivity contribution is -0.130. The number of hydrogen-bond donors (Lipinski definition) is 1. The molecule has 2 atom stereocenters. The van der Waals surface area contributed by atoms with Crippen LogP contribution in [0.25, 0.3) is 0 Å². The third kappa shape index (κ3) is 4.21. The summed E-state index contributed by atoms with van der Waals surface area (Å²) in [6.45, 7) is 2.16. The van der Waals surface area contributed by atoms with E-state index in [0.717, 1.165) is 59.4 Å². The second-order valence-electron chi connectivity index (χ2n) is 12.0. The van der Waals surface area contributed by atoms with E-state index < -0.39 is 0 Å². The number of nitrogens with zero attached hydrogens (tertiary/aromatic N) is 1. The molecule has 4 heteroatoms. The van der Waals surface area contributed by atoms with E-state index in [-0.39, 0.29) is 29.3 Å². The second-order valence-corrected chi connectivity index (χ2v) is 12.0. The summed E-state index contributed by atoms with van der Waals surface area (Å²) in [6.07, 6.45) is 17.5.